The van der Waals surface area contributed by atoms with Crippen molar-refractivity contribution < 1.29 is 9.53 Å². The molecular formula is C14H20N2O2. The van der Waals surface area contributed by atoms with Gasteiger partial charge >= 0.3 is 0 Å². The second-order valence-corrected chi connectivity index (χ2v) is 4.70. The van der Waals surface area contributed by atoms with Crippen LogP contribution in [0.4, 0.5) is 0 Å². The largest absolute Gasteiger partial charge is 0.497 e. The minimum Gasteiger partial charge on any atom is -0.497 e. The summed E-state index contributed by atoms with van der Waals surface area (Å²) in [5.41, 5.74) is 0.708. The number of hydrogen-bond acceptors (Lipinski definition) is 3. The van der Waals surface area contributed by atoms with Gasteiger partial charge in [0.25, 0.3) is 5.91 Å². The van der Waals surface area contributed by atoms with E-state index in [0.717, 1.165) is 31.8 Å². The summed E-state index contributed by atoms with van der Waals surface area (Å²) in [5, 5.41) is 3.17. The van der Waals surface area contributed by atoms with E-state index in [1.165, 1.54) is 0 Å². The van der Waals surface area contributed by atoms with E-state index in [1.807, 2.05) is 30.1 Å². The predicted molar refractivity (Wildman–Crippen MR) is 70.9 cm³/mol. The van der Waals surface area contributed by atoms with Crippen LogP contribution in [0.2, 0.25) is 0 Å². The molecule has 1 aromatic carbocycles. The van der Waals surface area contributed by atoms with Crippen molar-refractivity contribution in [2.45, 2.75) is 6.42 Å². The first-order valence-corrected chi connectivity index (χ1v) is 6.32. The van der Waals surface area contributed by atoms with Gasteiger partial charge in [-0.1, -0.05) is 6.07 Å². The Labute approximate surface area is 108 Å². The molecule has 1 aliphatic heterocycles. The molecule has 18 heavy (non-hydrogen) atoms. The number of nitrogens with one attached hydrogen (secondary N) is 1. The summed E-state index contributed by atoms with van der Waals surface area (Å²) in [4.78, 5) is 14.2. The van der Waals surface area contributed by atoms with Crippen molar-refractivity contribution in [3.05, 3.63) is 29.8 Å². The number of likely N-dealkylation sites (tertiary alicyclic amines) is 1. The Bertz CT molecular complexity index is 420. The normalized spacial score (nSPS) is 19.0. The van der Waals surface area contributed by atoms with E-state index in [0.29, 0.717) is 11.5 Å². The van der Waals surface area contributed by atoms with Gasteiger partial charge in [-0.3, -0.25) is 4.79 Å². The zero-order chi connectivity index (χ0) is 13.0. The highest BCUT2D eigenvalue weighted by Gasteiger charge is 2.26. The summed E-state index contributed by atoms with van der Waals surface area (Å²) in [6, 6.07) is 7.35. The maximum absolute atomic E-state index is 12.3. The van der Waals surface area contributed by atoms with Gasteiger partial charge in [-0.05, 0) is 44.1 Å². The molecule has 0 bridgehead atoms. The van der Waals surface area contributed by atoms with E-state index >= 15 is 0 Å². The fraction of sp³-hybridized carbons (Fsp3) is 0.500. The second-order valence-electron chi connectivity index (χ2n) is 4.70. The maximum Gasteiger partial charge on any atom is 0.253 e. The highest BCUT2D eigenvalue weighted by molar-refractivity contribution is 5.94. The van der Waals surface area contributed by atoms with E-state index in [1.54, 1.807) is 13.2 Å². The number of amides is 1. The van der Waals surface area contributed by atoms with Crippen LogP contribution in [0, 0.1) is 5.92 Å². The lowest BCUT2D eigenvalue weighted by molar-refractivity contribution is 0.0787. The van der Waals surface area contributed by atoms with Gasteiger partial charge in [0.2, 0.25) is 0 Å². The highest BCUT2D eigenvalue weighted by Crippen LogP contribution is 2.20. The van der Waals surface area contributed by atoms with Crippen molar-refractivity contribution in [3.8, 4) is 5.75 Å². The number of hydrogen-bond donors (Lipinski definition) is 1. The number of ether oxygens (including phenoxy) is 1. The molecule has 0 radical (unpaired) electrons. The van der Waals surface area contributed by atoms with Crippen molar-refractivity contribution >= 4 is 5.91 Å². The number of benzene rings is 1. The van der Waals surface area contributed by atoms with Crippen LogP contribution in [0.5, 0.6) is 5.75 Å². The van der Waals surface area contributed by atoms with Crippen molar-refractivity contribution in [3.63, 3.8) is 0 Å². The van der Waals surface area contributed by atoms with Gasteiger partial charge in [-0.2, -0.15) is 0 Å². The molecule has 0 aromatic heterocycles. The fourth-order valence-corrected chi connectivity index (χ4v) is 2.41. The molecular weight excluding hydrogens is 228 g/mol. The first kappa shape index (κ1) is 12.9. The van der Waals surface area contributed by atoms with Crippen LogP contribution in [0.1, 0.15) is 16.8 Å². The van der Waals surface area contributed by atoms with Gasteiger partial charge in [-0.15, -0.1) is 0 Å². The van der Waals surface area contributed by atoms with Crippen LogP contribution in [-0.2, 0) is 0 Å². The highest BCUT2D eigenvalue weighted by atomic mass is 16.5. The number of nitrogens with zero attached hydrogens (tertiary/aromatic N) is 1. The SMILES string of the molecule is CNC[C@@H]1CCN(C(=O)c2cccc(OC)c2)C1. The molecule has 1 atom stereocenters. The van der Waals surface area contributed by atoms with E-state index < -0.39 is 0 Å². The Morgan fingerprint density at radius 3 is 3.11 bits per heavy atom. The van der Waals surface area contributed by atoms with Crippen molar-refractivity contribution in [1.29, 1.82) is 0 Å². The molecule has 1 N–H and O–H groups in total. The van der Waals surface area contributed by atoms with Crippen LogP contribution in [-0.4, -0.2) is 44.6 Å². The van der Waals surface area contributed by atoms with Gasteiger partial charge in [0.15, 0.2) is 0 Å². The van der Waals surface area contributed by atoms with Crippen molar-refractivity contribution in [2.24, 2.45) is 5.92 Å². The Kier molecular flexibility index (Phi) is 4.20. The molecule has 0 spiro atoms. The first-order valence-electron chi connectivity index (χ1n) is 6.32. The Morgan fingerprint density at radius 1 is 1.56 bits per heavy atom. The molecule has 2 rings (SSSR count). The van der Waals surface area contributed by atoms with E-state index in [2.05, 4.69) is 5.32 Å². The summed E-state index contributed by atoms with van der Waals surface area (Å²) in [6.45, 7) is 2.67. The number of methoxy groups -OCH3 is 1. The van der Waals surface area contributed by atoms with E-state index in [9.17, 15) is 4.79 Å². The van der Waals surface area contributed by atoms with Crippen LogP contribution in [0.25, 0.3) is 0 Å². The zero-order valence-electron chi connectivity index (χ0n) is 11.0. The summed E-state index contributed by atoms with van der Waals surface area (Å²) in [5.74, 6) is 1.41. The quantitative estimate of drug-likeness (QED) is 0.875. The number of carbonyl (C=O) groups excluding carboxylic acids is 1. The summed E-state index contributed by atoms with van der Waals surface area (Å²) >= 11 is 0. The first-order chi connectivity index (χ1) is 8.74. The maximum atomic E-state index is 12.3. The molecule has 1 aromatic rings. The van der Waals surface area contributed by atoms with Gasteiger partial charge in [-0.25, -0.2) is 0 Å². The second kappa shape index (κ2) is 5.87. The van der Waals surface area contributed by atoms with Gasteiger partial charge in [0, 0.05) is 18.7 Å². The average molecular weight is 248 g/mol. The standard InChI is InChI=1S/C14H20N2O2/c1-15-9-11-6-7-16(10-11)14(17)12-4-3-5-13(8-12)18-2/h3-5,8,11,15H,6-7,9-10H2,1-2H3/t11-/m0/s1. The molecule has 98 valence electrons. The topological polar surface area (TPSA) is 41.6 Å². The third kappa shape index (κ3) is 2.82. The smallest absolute Gasteiger partial charge is 0.253 e. The summed E-state index contributed by atoms with van der Waals surface area (Å²) < 4.78 is 5.15. The van der Waals surface area contributed by atoms with Gasteiger partial charge in [0.1, 0.15) is 5.75 Å². The van der Waals surface area contributed by atoms with Crippen LogP contribution < -0.4 is 10.1 Å². The minimum atomic E-state index is 0.104. The lowest BCUT2D eigenvalue weighted by Gasteiger charge is -2.17. The summed E-state index contributed by atoms with van der Waals surface area (Å²) in [7, 11) is 3.56. The molecule has 4 nitrogen and oxygen atoms in total. The minimum absolute atomic E-state index is 0.104. The molecule has 1 heterocycles. The van der Waals surface area contributed by atoms with Gasteiger partial charge < -0.3 is 15.0 Å². The van der Waals surface area contributed by atoms with Crippen molar-refractivity contribution in [2.75, 3.05) is 33.8 Å². The Morgan fingerprint density at radius 2 is 2.39 bits per heavy atom. The fourth-order valence-electron chi connectivity index (χ4n) is 2.41. The Hall–Kier alpha value is -1.55. The summed E-state index contributed by atoms with van der Waals surface area (Å²) in [6.07, 6.45) is 1.08. The zero-order valence-corrected chi connectivity index (χ0v) is 11.0. The van der Waals surface area contributed by atoms with Crippen molar-refractivity contribution in [1.82, 2.24) is 10.2 Å². The molecule has 1 saturated heterocycles. The van der Waals surface area contributed by atoms with Crippen LogP contribution in [0.3, 0.4) is 0 Å². The number of carbonyl (C=O) groups is 1. The molecule has 0 saturated carbocycles. The van der Waals surface area contributed by atoms with E-state index in [-0.39, 0.29) is 5.91 Å². The van der Waals surface area contributed by atoms with Crippen LogP contribution >= 0.6 is 0 Å². The van der Waals surface area contributed by atoms with Gasteiger partial charge in [0.05, 0.1) is 7.11 Å². The predicted octanol–water partition coefficient (Wildman–Crippen LogP) is 1.38. The molecule has 0 unspecified atom stereocenters. The Balaban J connectivity index is 2.03. The monoisotopic (exact) mass is 248 g/mol. The molecule has 4 heteroatoms. The molecule has 1 fully saturated rings. The third-order valence-corrected chi connectivity index (χ3v) is 3.38. The lowest BCUT2D eigenvalue weighted by atomic mass is 10.1. The average Bonchev–Trinajstić information content (AvgIpc) is 2.87. The number of rotatable bonds is 4. The van der Waals surface area contributed by atoms with Crippen LogP contribution in [0.15, 0.2) is 24.3 Å². The molecule has 1 amide bonds. The molecule has 0 aliphatic carbocycles. The van der Waals surface area contributed by atoms with E-state index in [4.69, 9.17) is 4.74 Å². The lowest BCUT2D eigenvalue weighted by Crippen LogP contribution is -2.30. The third-order valence-electron chi connectivity index (χ3n) is 3.38. The molecule has 1 aliphatic rings.